The first-order chi connectivity index (χ1) is 8.19. The lowest BCUT2D eigenvalue weighted by Gasteiger charge is -2.11. The van der Waals surface area contributed by atoms with Crippen molar-refractivity contribution in [3.8, 4) is 11.8 Å². The lowest BCUT2D eigenvalue weighted by Crippen LogP contribution is -2.02. The molecule has 90 valence electrons. The summed E-state index contributed by atoms with van der Waals surface area (Å²) in [7, 11) is 0. The molecule has 0 heterocycles. The molecule has 0 atom stereocenters. The van der Waals surface area contributed by atoms with Crippen molar-refractivity contribution < 1.29 is 9.53 Å². The van der Waals surface area contributed by atoms with Gasteiger partial charge in [0.25, 0.3) is 0 Å². The first kappa shape index (κ1) is 13.7. The zero-order chi connectivity index (χ0) is 12.7. The highest BCUT2D eigenvalue weighted by atomic mass is 79.9. The average molecular weight is 296 g/mol. The van der Waals surface area contributed by atoms with E-state index in [1.165, 1.54) is 0 Å². The fourth-order valence-electron chi connectivity index (χ4n) is 1.52. The summed E-state index contributed by atoms with van der Waals surface area (Å²) in [6.07, 6.45) is 2.98. The van der Waals surface area contributed by atoms with E-state index in [1.54, 1.807) is 6.07 Å². The zero-order valence-corrected chi connectivity index (χ0v) is 11.3. The Bertz CT molecular complexity index is 438. The fraction of sp³-hybridized carbons (Fsp3) is 0.385. The number of hydrogen-bond acceptors (Lipinski definition) is 3. The lowest BCUT2D eigenvalue weighted by molar-refractivity contribution is 0.111. The molecular formula is C13H14BrNO2. The van der Waals surface area contributed by atoms with E-state index in [4.69, 9.17) is 10.00 Å². The van der Waals surface area contributed by atoms with Crippen molar-refractivity contribution in [3.63, 3.8) is 0 Å². The number of ether oxygens (including phenoxy) is 1. The predicted octanol–water partition coefficient (Wildman–Crippen LogP) is 3.64. The van der Waals surface area contributed by atoms with Gasteiger partial charge < -0.3 is 4.74 Å². The van der Waals surface area contributed by atoms with E-state index in [1.807, 2.05) is 13.0 Å². The topological polar surface area (TPSA) is 50.1 Å². The smallest absolute Gasteiger partial charge is 0.153 e. The summed E-state index contributed by atoms with van der Waals surface area (Å²) >= 11 is 3.34. The summed E-state index contributed by atoms with van der Waals surface area (Å²) in [6, 6.07) is 5.74. The van der Waals surface area contributed by atoms with Gasteiger partial charge in [0.1, 0.15) is 5.75 Å². The van der Waals surface area contributed by atoms with Gasteiger partial charge in [-0.25, -0.2) is 0 Å². The molecule has 0 aliphatic carbocycles. The van der Waals surface area contributed by atoms with Crippen molar-refractivity contribution in [1.82, 2.24) is 0 Å². The van der Waals surface area contributed by atoms with Gasteiger partial charge >= 0.3 is 0 Å². The maximum atomic E-state index is 10.9. The quantitative estimate of drug-likeness (QED) is 0.595. The molecule has 0 aliphatic heterocycles. The minimum absolute atomic E-state index is 0.533. The molecular weight excluding hydrogens is 282 g/mol. The molecule has 0 bridgehead atoms. The van der Waals surface area contributed by atoms with Crippen molar-refractivity contribution in [1.29, 1.82) is 5.26 Å². The minimum atomic E-state index is 0.533. The Morgan fingerprint density at radius 3 is 2.88 bits per heavy atom. The van der Waals surface area contributed by atoms with E-state index in [0.29, 0.717) is 24.3 Å². The second-order valence-corrected chi connectivity index (χ2v) is 4.64. The minimum Gasteiger partial charge on any atom is -0.493 e. The van der Waals surface area contributed by atoms with Crippen LogP contribution in [0.25, 0.3) is 0 Å². The molecule has 0 fully saturated rings. The molecule has 1 rings (SSSR count). The molecule has 0 saturated carbocycles. The molecule has 0 aromatic heterocycles. The van der Waals surface area contributed by atoms with Gasteiger partial charge in [0.15, 0.2) is 6.29 Å². The summed E-state index contributed by atoms with van der Waals surface area (Å²) in [5.41, 5.74) is 1.49. The molecule has 0 unspecified atom stereocenters. The Labute approximate surface area is 110 Å². The number of aldehydes is 1. The highest BCUT2D eigenvalue weighted by Crippen LogP contribution is 2.27. The summed E-state index contributed by atoms with van der Waals surface area (Å²) in [6.45, 7) is 2.44. The van der Waals surface area contributed by atoms with Crippen molar-refractivity contribution >= 4 is 22.2 Å². The molecule has 3 nitrogen and oxygen atoms in total. The molecule has 1 aromatic carbocycles. The van der Waals surface area contributed by atoms with Gasteiger partial charge in [-0.1, -0.05) is 15.9 Å². The standard InChI is InChI=1S/C13H14BrNO2/c1-10-7-12(14)8-11(9-16)13(10)17-6-4-2-3-5-15/h7-9H,2-4,6H2,1H3. The average Bonchev–Trinajstić information content (AvgIpc) is 2.30. The van der Waals surface area contributed by atoms with Crippen LogP contribution in [0, 0.1) is 18.3 Å². The normalized spacial score (nSPS) is 9.71. The van der Waals surface area contributed by atoms with E-state index in [2.05, 4.69) is 22.0 Å². The Morgan fingerprint density at radius 1 is 1.47 bits per heavy atom. The lowest BCUT2D eigenvalue weighted by atomic mass is 10.1. The third-order valence-electron chi connectivity index (χ3n) is 2.32. The number of benzene rings is 1. The van der Waals surface area contributed by atoms with Crippen LogP contribution >= 0.6 is 15.9 Å². The number of hydrogen-bond donors (Lipinski definition) is 0. The van der Waals surface area contributed by atoms with Gasteiger partial charge in [-0.05, 0) is 37.5 Å². The van der Waals surface area contributed by atoms with Crippen LogP contribution in [0.15, 0.2) is 16.6 Å². The molecule has 0 spiro atoms. The zero-order valence-electron chi connectivity index (χ0n) is 9.70. The Hall–Kier alpha value is -1.34. The van der Waals surface area contributed by atoms with Crippen molar-refractivity contribution in [2.45, 2.75) is 26.2 Å². The second-order valence-electron chi connectivity index (χ2n) is 3.72. The number of unbranched alkanes of at least 4 members (excludes halogenated alkanes) is 2. The maximum absolute atomic E-state index is 10.9. The third kappa shape index (κ3) is 4.20. The van der Waals surface area contributed by atoms with E-state index >= 15 is 0 Å². The molecule has 0 radical (unpaired) electrons. The number of aryl methyl sites for hydroxylation is 1. The maximum Gasteiger partial charge on any atom is 0.153 e. The van der Waals surface area contributed by atoms with Crippen LogP contribution in [0.5, 0.6) is 5.75 Å². The number of carbonyl (C=O) groups excluding carboxylic acids is 1. The highest BCUT2D eigenvalue weighted by molar-refractivity contribution is 9.10. The summed E-state index contributed by atoms with van der Waals surface area (Å²) in [5, 5.41) is 8.40. The van der Waals surface area contributed by atoms with Crippen LogP contribution in [0.4, 0.5) is 0 Å². The van der Waals surface area contributed by atoms with Crippen LogP contribution < -0.4 is 4.74 Å². The largest absolute Gasteiger partial charge is 0.493 e. The highest BCUT2D eigenvalue weighted by Gasteiger charge is 2.08. The van der Waals surface area contributed by atoms with Crippen LogP contribution in [0.1, 0.15) is 35.2 Å². The van der Waals surface area contributed by atoms with Gasteiger partial charge in [-0.2, -0.15) is 5.26 Å². The van der Waals surface area contributed by atoms with Crippen LogP contribution in [-0.4, -0.2) is 12.9 Å². The van der Waals surface area contributed by atoms with E-state index < -0.39 is 0 Å². The third-order valence-corrected chi connectivity index (χ3v) is 2.78. The van der Waals surface area contributed by atoms with Gasteiger partial charge in [-0.3, -0.25) is 4.79 Å². The molecule has 17 heavy (non-hydrogen) atoms. The van der Waals surface area contributed by atoms with Gasteiger partial charge in [0, 0.05) is 10.9 Å². The number of nitriles is 1. The molecule has 0 aliphatic rings. The van der Waals surface area contributed by atoms with Crippen molar-refractivity contribution in [2.24, 2.45) is 0 Å². The molecule has 0 saturated heterocycles. The van der Waals surface area contributed by atoms with Gasteiger partial charge in [-0.15, -0.1) is 0 Å². The first-order valence-corrected chi connectivity index (χ1v) is 6.23. The SMILES string of the molecule is Cc1cc(Br)cc(C=O)c1OCCCCC#N. The van der Waals surface area contributed by atoms with Crippen LogP contribution in [0.3, 0.4) is 0 Å². The predicted molar refractivity (Wildman–Crippen MR) is 69.2 cm³/mol. The molecule has 1 aromatic rings. The van der Waals surface area contributed by atoms with Crippen molar-refractivity contribution in [2.75, 3.05) is 6.61 Å². The van der Waals surface area contributed by atoms with Crippen LogP contribution in [-0.2, 0) is 0 Å². The molecule has 0 N–H and O–H groups in total. The van der Waals surface area contributed by atoms with E-state index in [-0.39, 0.29) is 0 Å². The Kier molecular flexibility index (Phi) is 5.71. The summed E-state index contributed by atoms with van der Waals surface area (Å²) < 4.78 is 6.47. The van der Waals surface area contributed by atoms with E-state index in [9.17, 15) is 4.79 Å². The number of nitrogens with zero attached hydrogens (tertiary/aromatic N) is 1. The molecule has 0 amide bonds. The molecule has 4 heteroatoms. The Balaban J connectivity index is 2.64. The first-order valence-electron chi connectivity index (χ1n) is 5.44. The van der Waals surface area contributed by atoms with Gasteiger partial charge in [0.2, 0.25) is 0 Å². The number of halogens is 1. The Morgan fingerprint density at radius 2 is 2.24 bits per heavy atom. The summed E-state index contributed by atoms with van der Waals surface area (Å²) in [4.78, 5) is 10.9. The summed E-state index contributed by atoms with van der Waals surface area (Å²) in [5.74, 6) is 0.639. The fourth-order valence-corrected chi connectivity index (χ4v) is 2.11. The number of carbonyl (C=O) groups is 1. The van der Waals surface area contributed by atoms with Crippen LogP contribution in [0.2, 0.25) is 0 Å². The number of rotatable bonds is 6. The van der Waals surface area contributed by atoms with Crippen molar-refractivity contribution in [3.05, 3.63) is 27.7 Å². The second kappa shape index (κ2) is 7.08. The monoisotopic (exact) mass is 295 g/mol. The van der Waals surface area contributed by atoms with E-state index in [0.717, 1.165) is 29.2 Å². The van der Waals surface area contributed by atoms with Gasteiger partial charge in [0.05, 0.1) is 18.2 Å².